The Morgan fingerprint density at radius 3 is 2.80 bits per heavy atom. The van der Waals surface area contributed by atoms with Crippen LogP contribution >= 0.6 is 0 Å². The fourth-order valence-electron chi connectivity index (χ4n) is 2.79. The average molecular weight is 286 g/mol. The van der Waals surface area contributed by atoms with Gasteiger partial charge in [-0.15, -0.1) is 0 Å². The van der Waals surface area contributed by atoms with Crippen molar-refractivity contribution >= 4 is 12.0 Å². The molecule has 2 aliphatic rings. The first-order valence-corrected chi connectivity index (χ1v) is 6.87. The van der Waals surface area contributed by atoms with Crippen LogP contribution in [0.1, 0.15) is 26.2 Å². The molecule has 3 unspecified atom stereocenters. The Morgan fingerprint density at radius 2 is 2.25 bits per heavy atom. The van der Waals surface area contributed by atoms with E-state index in [2.05, 4.69) is 5.32 Å². The Morgan fingerprint density at radius 1 is 1.50 bits per heavy atom. The zero-order valence-corrected chi connectivity index (χ0v) is 11.9. The Balaban J connectivity index is 2.01. The van der Waals surface area contributed by atoms with E-state index in [9.17, 15) is 14.7 Å². The van der Waals surface area contributed by atoms with Crippen molar-refractivity contribution in [3.63, 3.8) is 0 Å². The van der Waals surface area contributed by atoms with Gasteiger partial charge in [-0.3, -0.25) is 0 Å². The molecule has 7 nitrogen and oxygen atoms in total. The third-order valence-corrected chi connectivity index (χ3v) is 3.99. The number of carbonyl (C=O) groups is 2. The van der Waals surface area contributed by atoms with Crippen LogP contribution in [-0.2, 0) is 14.3 Å². The van der Waals surface area contributed by atoms with E-state index >= 15 is 0 Å². The van der Waals surface area contributed by atoms with E-state index in [1.807, 2.05) is 6.92 Å². The van der Waals surface area contributed by atoms with Crippen LogP contribution in [0.25, 0.3) is 0 Å². The van der Waals surface area contributed by atoms with Crippen molar-refractivity contribution in [2.45, 2.75) is 43.9 Å². The van der Waals surface area contributed by atoms with Crippen molar-refractivity contribution in [3.8, 4) is 0 Å². The van der Waals surface area contributed by atoms with E-state index < -0.39 is 17.6 Å². The van der Waals surface area contributed by atoms with E-state index in [0.29, 0.717) is 26.2 Å². The number of likely N-dealkylation sites (tertiary alicyclic amines) is 1. The quantitative estimate of drug-likeness (QED) is 0.786. The maximum Gasteiger partial charge on any atom is 0.326 e. The van der Waals surface area contributed by atoms with E-state index in [-0.39, 0.29) is 12.1 Å². The van der Waals surface area contributed by atoms with Crippen LogP contribution < -0.4 is 5.32 Å². The van der Waals surface area contributed by atoms with Gasteiger partial charge in [-0.1, -0.05) is 0 Å². The van der Waals surface area contributed by atoms with Gasteiger partial charge in [-0.2, -0.15) is 0 Å². The molecule has 20 heavy (non-hydrogen) atoms. The first kappa shape index (κ1) is 15.1. The molecule has 2 fully saturated rings. The van der Waals surface area contributed by atoms with Gasteiger partial charge in [0.05, 0.1) is 18.2 Å². The molecule has 2 rings (SSSR count). The normalized spacial score (nSPS) is 34.0. The lowest BCUT2D eigenvalue weighted by atomic mass is 9.95. The molecule has 0 spiro atoms. The topological polar surface area (TPSA) is 88.1 Å². The summed E-state index contributed by atoms with van der Waals surface area (Å²) in [6.07, 6.45) is 1.82. The molecule has 2 N–H and O–H groups in total. The largest absolute Gasteiger partial charge is 0.480 e. The van der Waals surface area contributed by atoms with Crippen molar-refractivity contribution in [1.82, 2.24) is 10.2 Å². The minimum absolute atomic E-state index is 0.225. The fourth-order valence-corrected chi connectivity index (χ4v) is 2.79. The number of hydrogen-bond acceptors (Lipinski definition) is 4. The number of aliphatic carboxylic acids is 1. The molecule has 114 valence electrons. The number of amides is 2. The SMILES string of the molecule is COC1CC(C(=O)O)N(C(=O)NC2(C)CCCOC2)C1. The molecule has 0 aromatic rings. The van der Waals surface area contributed by atoms with E-state index in [1.165, 1.54) is 12.0 Å². The molecule has 2 aliphatic heterocycles. The van der Waals surface area contributed by atoms with Crippen molar-refractivity contribution in [2.24, 2.45) is 0 Å². The number of carbonyl (C=O) groups excluding carboxylic acids is 1. The van der Waals surface area contributed by atoms with Crippen molar-refractivity contribution in [2.75, 3.05) is 26.9 Å². The third kappa shape index (κ3) is 3.21. The highest BCUT2D eigenvalue weighted by molar-refractivity contribution is 5.83. The Bertz CT molecular complexity index is 381. The Kier molecular flexibility index (Phi) is 4.49. The number of nitrogens with one attached hydrogen (secondary N) is 1. The molecular weight excluding hydrogens is 264 g/mol. The lowest BCUT2D eigenvalue weighted by Crippen LogP contribution is -2.57. The number of rotatable bonds is 3. The summed E-state index contributed by atoms with van der Waals surface area (Å²) in [6, 6.07) is -1.18. The molecule has 0 bridgehead atoms. The molecule has 2 heterocycles. The number of carboxylic acid groups (broad SMARTS) is 1. The minimum atomic E-state index is -0.996. The summed E-state index contributed by atoms with van der Waals surface area (Å²) in [5.41, 5.74) is -0.427. The molecule has 2 amide bonds. The highest BCUT2D eigenvalue weighted by Crippen LogP contribution is 2.23. The second-order valence-electron chi connectivity index (χ2n) is 5.75. The lowest BCUT2D eigenvalue weighted by Gasteiger charge is -2.36. The van der Waals surface area contributed by atoms with E-state index in [0.717, 1.165) is 12.8 Å². The van der Waals surface area contributed by atoms with Crippen LogP contribution in [0, 0.1) is 0 Å². The van der Waals surface area contributed by atoms with Gasteiger partial charge in [0.2, 0.25) is 0 Å². The van der Waals surface area contributed by atoms with E-state index in [1.54, 1.807) is 0 Å². The third-order valence-electron chi connectivity index (χ3n) is 3.99. The van der Waals surface area contributed by atoms with Crippen LogP contribution in [0.15, 0.2) is 0 Å². The number of nitrogens with zero attached hydrogens (tertiary/aromatic N) is 1. The molecule has 3 atom stereocenters. The van der Waals surface area contributed by atoms with Gasteiger partial charge in [0.15, 0.2) is 0 Å². The summed E-state index contributed by atoms with van der Waals surface area (Å²) in [5.74, 6) is -0.996. The second-order valence-corrected chi connectivity index (χ2v) is 5.75. The summed E-state index contributed by atoms with van der Waals surface area (Å²) in [6.45, 7) is 3.39. The highest BCUT2D eigenvalue weighted by Gasteiger charge is 2.41. The number of carboxylic acids is 1. The molecule has 0 aromatic heterocycles. The van der Waals surface area contributed by atoms with Crippen molar-refractivity contribution in [3.05, 3.63) is 0 Å². The van der Waals surface area contributed by atoms with Crippen LogP contribution in [0.3, 0.4) is 0 Å². The molecule has 0 radical (unpaired) electrons. The van der Waals surface area contributed by atoms with Crippen LogP contribution in [0.5, 0.6) is 0 Å². The van der Waals surface area contributed by atoms with Gasteiger partial charge in [0.1, 0.15) is 6.04 Å². The fraction of sp³-hybridized carbons (Fsp3) is 0.846. The summed E-state index contributed by atoms with van der Waals surface area (Å²) in [5, 5.41) is 12.1. The predicted octanol–water partition coefficient (Wildman–Crippen LogP) is 0.439. The summed E-state index contributed by atoms with van der Waals surface area (Å²) in [7, 11) is 1.53. The van der Waals surface area contributed by atoms with Gasteiger partial charge >= 0.3 is 12.0 Å². The molecule has 0 aromatic carbocycles. The van der Waals surface area contributed by atoms with Gasteiger partial charge in [0.25, 0.3) is 0 Å². The molecule has 7 heteroatoms. The number of ether oxygens (including phenoxy) is 2. The van der Waals surface area contributed by atoms with Gasteiger partial charge in [0, 0.05) is 26.7 Å². The van der Waals surface area contributed by atoms with Gasteiger partial charge in [-0.05, 0) is 19.8 Å². The summed E-state index contributed by atoms with van der Waals surface area (Å²) in [4.78, 5) is 24.9. The van der Waals surface area contributed by atoms with Crippen molar-refractivity contribution in [1.29, 1.82) is 0 Å². The highest BCUT2D eigenvalue weighted by atomic mass is 16.5. The summed E-state index contributed by atoms with van der Waals surface area (Å²) < 4.78 is 10.6. The average Bonchev–Trinajstić information content (AvgIpc) is 2.83. The zero-order chi connectivity index (χ0) is 14.8. The smallest absolute Gasteiger partial charge is 0.326 e. The van der Waals surface area contributed by atoms with E-state index in [4.69, 9.17) is 9.47 Å². The minimum Gasteiger partial charge on any atom is -0.480 e. The predicted molar refractivity (Wildman–Crippen MR) is 70.5 cm³/mol. The number of methoxy groups -OCH3 is 1. The lowest BCUT2D eigenvalue weighted by molar-refractivity contribution is -0.141. The standard InChI is InChI=1S/C13H22N2O5/c1-13(4-3-5-20-8-13)14-12(18)15-7-9(19-2)6-10(15)11(16)17/h9-10H,3-8H2,1-2H3,(H,14,18)(H,16,17). The van der Waals surface area contributed by atoms with Crippen LogP contribution in [0.4, 0.5) is 4.79 Å². The first-order chi connectivity index (χ1) is 9.45. The molecular formula is C13H22N2O5. The zero-order valence-electron chi connectivity index (χ0n) is 11.9. The molecule has 2 saturated heterocycles. The van der Waals surface area contributed by atoms with Gasteiger partial charge in [-0.25, -0.2) is 9.59 Å². The van der Waals surface area contributed by atoms with Crippen molar-refractivity contribution < 1.29 is 24.2 Å². The van der Waals surface area contributed by atoms with Gasteiger partial charge < -0.3 is 24.8 Å². The maximum absolute atomic E-state index is 12.3. The van der Waals surface area contributed by atoms with Crippen LogP contribution in [0.2, 0.25) is 0 Å². The number of hydrogen-bond donors (Lipinski definition) is 2. The molecule has 0 saturated carbocycles. The summed E-state index contributed by atoms with van der Waals surface area (Å²) >= 11 is 0. The first-order valence-electron chi connectivity index (χ1n) is 6.87. The monoisotopic (exact) mass is 286 g/mol. The van der Waals surface area contributed by atoms with Crippen LogP contribution in [-0.4, -0.2) is 66.6 Å². The maximum atomic E-state index is 12.3. The molecule has 0 aliphatic carbocycles. The number of urea groups is 1. The second kappa shape index (κ2) is 5.97. The Hall–Kier alpha value is -1.34. The Labute approximate surface area is 118 Å².